The Morgan fingerprint density at radius 2 is 1.82 bits per heavy atom. The Hall–Kier alpha value is -3.11. The van der Waals surface area contributed by atoms with Crippen LogP contribution in [-0.4, -0.2) is 56.6 Å². The van der Waals surface area contributed by atoms with E-state index >= 15 is 0 Å². The number of ether oxygens (including phenoxy) is 2. The zero-order valence-electron chi connectivity index (χ0n) is 18.6. The predicted molar refractivity (Wildman–Crippen MR) is 118 cm³/mol. The van der Waals surface area contributed by atoms with Crippen LogP contribution in [0.5, 0.6) is 5.75 Å². The molecule has 10 heteroatoms. The summed E-state index contributed by atoms with van der Waals surface area (Å²) in [5, 5.41) is 4.37. The van der Waals surface area contributed by atoms with Gasteiger partial charge in [0.15, 0.2) is 5.82 Å². The van der Waals surface area contributed by atoms with Gasteiger partial charge in [0, 0.05) is 32.4 Å². The maximum Gasteiger partial charge on any atom is 0.387 e. The van der Waals surface area contributed by atoms with Crippen molar-refractivity contribution in [3.8, 4) is 17.1 Å². The van der Waals surface area contributed by atoms with Crippen LogP contribution in [-0.2, 0) is 24.5 Å². The molecule has 0 amide bonds. The quantitative estimate of drug-likeness (QED) is 0.562. The van der Waals surface area contributed by atoms with Crippen LogP contribution in [0.2, 0.25) is 0 Å². The van der Waals surface area contributed by atoms with Crippen LogP contribution in [0.1, 0.15) is 25.0 Å². The van der Waals surface area contributed by atoms with Gasteiger partial charge < -0.3 is 14.4 Å². The zero-order chi connectivity index (χ0) is 22.9. The molecule has 1 aromatic carbocycles. The molecule has 0 radical (unpaired) electrons. The van der Waals surface area contributed by atoms with E-state index in [2.05, 4.69) is 44.5 Å². The molecule has 0 unspecified atom stereocenters. The molecule has 8 nitrogen and oxygen atoms in total. The van der Waals surface area contributed by atoms with Gasteiger partial charge in [-0.2, -0.15) is 13.9 Å². The Morgan fingerprint density at radius 3 is 2.55 bits per heavy atom. The molecule has 2 atom stereocenters. The first-order chi connectivity index (χ1) is 15.9. The number of fused-ring (bicyclic) bond motifs is 3. The van der Waals surface area contributed by atoms with Crippen molar-refractivity contribution in [3.63, 3.8) is 0 Å². The van der Waals surface area contributed by atoms with Crippen molar-refractivity contribution in [2.75, 3.05) is 18.0 Å². The molecule has 3 aromatic rings. The van der Waals surface area contributed by atoms with Crippen LogP contribution in [0.4, 0.5) is 14.6 Å². The molecule has 2 aliphatic rings. The molecule has 33 heavy (non-hydrogen) atoms. The fourth-order valence-electron chi connectivity index (χ4n) is 4.60. The number of aromatic nitrogens is 4. The molecule has 0 N–H and O–H groups in total. The lowest BCUT2D eigenvalue weighted by Crippen LogP contribution is -2.44. The Labute approximate surface area is 190 Å². The van der Waals surface area contributed by atoms with Gasteiger partial charge in [-0.05, 0) is 43.2 Å². The van der Waals surface area contributed by atoms with Crippen molar-refractivity contribution < 1.29 is 18.3 Å². The molecule has 1 saturated heterocycles. The van der Waals surface area contributed by atoms with Crippen LogP contribution >= 0.6 is 0 Å². The molecule has 0 aliphatic carbocycles. The number of halogens is 2. The van der Waals surface area contributed by atoms with Crippen LogP contribution in [0.15, 0.2) is 42.9 Å². The van der Waals surface area contributed by atoms with Gasteiger partial charge in [-0.15, -0.1) is 0 Å². The first kappa shape index (κ1) is 21.7. The Balaban J connectivity index is 1.37. The highest BCUT2D eigenvalue weighted by molar-refractivity contribution is 5.73. The van der Waals surface area contributed by atoms with E-state index in [0.29, 0.717) is 13.2 Å². The summed E-state index contributed by atoms with van der Waals surface area (Å²) in [6.45, 7) is 4.97. The standard InChI is InChI=1S/C23H26F2N6O2/c1-15-9-29(10-16(2)32-15)11-18-7-20-21(26-8-18)30(14-31-22(20)27-13-28-31)12-17-3-5-19(6-4-17)33-23(24)25/h3-8,13,15-16,23H,9-12,14H2,1-2H3/t15-,16+. The van der Waals surface area contributed by atoms with Gasteiger partial charge in [0.2, 0.25) is 0 Å². The maximum atomic E-state index is 12.4. The smallest absolute Gasteiger partial charge is 0.387 e. The van der Waals surface area contributed by atoms with E-state index in [0.717, 1.165) is 48.0 Å². The Kier molecular flexibility index (Phi) is 5.94. The van der Waals surface area contributed by atoms with E-state index in [1.165, 1.54) is 0 Å². The average molecular weight is 456 g/mol. The third kappa shape index (κ3) is 4.81. The lowest BCUT2D eigenvalue weighted by atomic mass is 10.1. The molecule has 5 rings (SSSR count). The summed E-state index contributed by atoms with van der Waals surface area (Å²) in [6, 6.07) is 8.80. The van der Waals surface area contributed by atoms with Gasteiger partial charge >= 0.3 is 6.61 Å². The van der Waals surface area contributed by atoms with Gasteiger partial charge in [0.05, 0.1) is 17.8 Å². The number of hydrogen-bond donors (Lipinski definition) is 0. The molecule has 0 saturated carbocycles. The number of rotatable bonds is 6. The summed E-state index contributed by atoms with van der Waals surface area (Å²) in [5.41, 5.74) is 3.00. The van der Waals surface area contributed by atoms with Crippen LogP contribution in [0, 0.1) is 0 Å². The second kappa shape index (κ2) is 9.03. The van der Waals surface area contributed by atoms with Gasteiger partial charge in [0.25, 0.3) is 0 Å². The van der Waals surface area contributed by atoms with Crippen molar-refractivity contribution >= 4 is 5.82 Å². The van der Waals surface area contributed by atoms with E-state index in [1.54, 1.807) is 30.6 Å². The Bertz CT molecular complexity index is 1100. The van der Waals surface area contributed by atoms with Gasteiger partial charge in [-0.1, -0.05) is 12.1 Å². The number of hydrogen-bond acceptors (Lipinski definition) is 7. The molecular formula is C23H26F2N6O2. The van der Waals surface area contributed by atoms with Crippen molar-refractivity contribution in [1.82, 2.24) is 24.6 Å². The first-order valence-corrected chi connectivity index (χ1v) is 11.0. The van der Waals surface area contributed by atoms with Crippen molar-refractivity contribution in [1.29, 1.82) is 0 Å². The second-order valence-corrected chi connectivity index (χ2v) is 8.61. The van der Waals surface area contributed by atoms with E-state index in [-0.39, 0.29) is 18.0 Å². The summed E-state index contributed by atoms with van der Waals surface area (Å²) in [4.78, 5) is 13.7. The highest BCUT2D eigenvalue weighted by Crippen LogP contribution is 2.34. The third-order valence-corrected chi connectivity index (χ3v) is 5.81. The summed E-state index contributed by atoms with van der Waals surface area (Å²) in [5.74, 6) is 1.76. The normalized spacial score (nSPS) is 20.6. The molecular weight excluding hydrogens is 430 g/mol. The number of benzene rings is 1. The van der Waals surface area contributed by atoms with Gasteiger partial charge in [0.1, 0.15) is 24.6 Å². The minimum Gasteiger partial charge on any atom is -0.435 e. The molecule has 2 aliphatic heterocycles. The molecule has 4 heterocycles. The highest BCUT2D eigenvalue weighted by atomic mass is 19.3. The SMILES string of the molecule is C[C@@H]1CN(Cc2cnc3c(c2)-c2ncnn2CN3Cc2ccc(OC(F)F)cc2)C[C@H](C)O1. The number of anilines is 1. The van der Waals surface area contributed by atoms with E-state index in [9.17, 15) is 8.78 Å². The average Bonchev–Trinajstić information content (AvgIpc) is 3.23. The topological polar surface area (TPSA) is 68.5 Å². The number of nitrogens with zero attached hydrogens (tertiary/aromatic N) is 6. The number of pyridine rings is 1. The zero-order valence-corrected chi connectivity index (χ0v) is 18.6. The number of morpholine rings is 1. The van der Waals surface area contributed by atoms with Crippen molar-refractivity contribution in [2.24, 2.45) is 0 Å². The van der Waals surface area contributed by atoms with Gasteiger partial charge in [-0.3, -0.25) is 4.90 Å². The van der Waals surface area contributed by atoms with Gasteiger partial charge in [-0.25, -0.2) is 14.6 Å². The van der Waals surface area contributed by atoms with Crippen LogP contribution in [0.3, 0.4) is 0 Å². The first-order valence-electron chi connectivity index (χ1n) is 11.0. The monoisotopic (exact) mass is 456 g/mol. The minimum absolute atomic E-state index is 0.140. The maximum absolute atomic E-state index is 12.4. The fourth-order valence-corrected chi connectivity index (χ4v) is 4.60. The minimum atomic E-state index is -2.84. The Morgan fingerprint density at radius 1 is 1.06 bits per heavy atom. The van der Waals surface area contributed by atoms with Crippen LogP contribution < -0.4 is 9.64 Å². The largest absolute Gasteiger partial charge is 0.435 e. The predicted octanol–water partition coefficient (Wildman–Crippen LogP) is 3.53. The molecule has 0 spiro atoms. The number of alkyl halides is 2. The molecule has 1 fully saturated rings. The highest BCUT2D eigenvalue weighted by Gasteiger charge is 2.27. The second-order valence-electron chi connectivity index (χ2n) is 8.61. The lowest BCUT2D eigenvalue weighted by Gasteiger charge is -2.35. The third-order valence-electron chi connectivity index (χ3n) is 5.81. The molecule has 0 bridgehead atoms. The van der Waals surface area contributed by atoms with Crippen molar-refractivity contribution in [3.05, 3.63) is 54.0 Å². The lowest BCUT2D eigenvalue weighted by molar-refractivity contribution is -0.0705. The summed E-state index contributed by atoms with van der Waals surface area (Å²) in [7, 11) is 0. The van der Waals surface area contributed by atoms with E-state index in [1.807, 2.05) is 10.9 Å². The fraction of sp³-hybridized carbons (Fsp3) is 0.435. The van der Waals surface area contributed by atoms with Crippen molar-refractivity contribution in [2.45, 2.75) is 52.4 Å². The van der Waals surface area contributed by atoms with Crippen LogP contribution in [0.25, 0.3) is 11.4 Å². The van der Waals surface area contributed by atoms with E-state index < -0.39 is 6.61 Å². The summed E-state index contributed by atoms with van der Waals surface area (Å²) < 4.78 is 37.0. The summed E-state index contributed by atoms with van der Waals surface area (Å²) in [6.07, 6.45) is 3.88. The summed E-state index contributed by atoms with van der Waals surface area (Å²) >= 11 is 0. The molecule has 174 valence electrons. The van der Waals surface area contributed by atoms with E-state index in [4.69, 9.17) is 9.72 Å². The molecule has 2 aromatic heterocycles.